The topological polar surface area (TPSA) is 89.9 Å². The van der Waals surface area contributed by atoms with Gasteiger partial charge >= 0.3 is 11.9 Å². The lowest BCUT2D eigenvalue weighted by Crippen LogP contribution is -2.21. The molecule has 1 rings (SSSR count). The normalized spacial score (nSPS) is 11.3. The first-order chi connectivity index (χ1) is 9.93. The molecule has 0 aliphatic carbocycles. The van der Waals surface area contributed by atoms with Crippen LogP contribution in [0.4, 0.5) is 0 Å². The van der Waals surface area contributed by atoms with Crippen LogP contribution in [0.5, 0.6) is 11.5 Å². The third kappa shape index (κ3) is 5.48. The van der Waals surface area contributed by atoms with E-state index in [0.29, 0.717) is 6.29 Å². The highest BCUT2D eigenvalue weighted by Gasteiger charge is 2.18. The summed E-state index contributed by atoms with van der Waals surface area (Å²) in [6.45, 7) is 4.65. The Kier molecular flexibility index (Phi) is 6.13. The van der Waals surface area contributed by atoms with Gasteiger partial charge in [-0.15, -0.1) is 0 Å². The number of benzene rings is 1. The monoisotopic (exact) mass is 292 g/mol. The van der Waals surface area contributed by atoms with Crippen molar-refractivity contribution < 1.29 is 29.0 Å². The number of esters is 2. The average Bonchev–Trinajstić information content (AvgIpc) is 2.45. The van der Waals surface area contributed by atoms with Crippen molar-refractivity contribution in [1.82, 2.24) is 0 Å². The highest BCUT2D eigenvalue weighted by atomic mass is 16.5. The number of rotatable bonds is 7. The van der Waals surface area contributed by atoms with Gasteiger partial charge in [-0.1, -0.05) is 18.7 Å². The van der Waals surface area contributed by atoms with Crippen molar-refractivity contribution in [2.75, 3.05) is 6.61 Å². The number of phenols is 1. The summed E-state index contributed by atoms with van der Waals surface area (Å²) < 4.78 is 9.73. The Morgan fingerprint density at radius 2 is 2.05 bits per heavy atom. The van der Waals surface area contributed by atoms with Gasteiger partial charge in [0, 0.05) is 5.57 Å². The number of hydrogen-bond acceptors (Lipinski definition) is 6. The first kappa shape index (κ1) is 16.4. The molecule has 1 unspecified atom stereocenters. The van der Waals surface area contributed by atoms with Gasteiger partial charge in [0.15, 0.2) is 11.5 Å². The van der Waals surface area contributed by atoms with Crippen molar-refractivity contribution in [2.45, 2.75) is 13.3 Å². The van der Waals surface area contributed by atoms with E-state index in [9.17, 15) is 19.5 Å². The summed E-state index contributed by atoms with van der Waals surface area (Å²) in [5, 5.41) is 9.46. The van der Waals surface area contributed by atoms with E-state index in [0.717, 1.165) is 0 Å². The van der Waals surface area contributed by atoms with E-state index in [4.69, 9.17) is 9.47 Å². The first-order valence-electron chi connectivity index (χ1n) is 6.20. The Bertz CT molecular complexity index is 549. The molecule has 0 amide bonds. The van der Waals surface area contributed by atoms with E-state index in [-0.39, 0.29) is 30.1 Å². The van der Waals surface area contributed by atoms with Gasteiger partial charge in [0.2, 0.25) is 0 Å². The van der Waals surface area contributed by atoms with Crippen LogP contribution in [0.25, 0.3) is 0 Å². The molecule has 6 nitrogen and oxygen atoms in total. The molecule has 0 aliphatic heterocycles. The summed E-state index contributed by atoms with van der Waals surface area (Å²) >= 11 is 0. The maximum Gasteiger partial charge on any atom is 0.333 e. The Balaban J connectivity index is 2.51. The van der Waals surface area contributed by atoms with Crippen molar-refractivity contribution >= 4 is 18.2 Å². The zero-order valence-electron chi connectivity index (χ0n) is 11.6. The van der Waals surface area contributed by atoms with Crippen LogP contribution in [-0.2, 0) is 19.1 Å². The molecular weight excluding hydrogens is 276 g/mol. The van der Waals surface area contributed by atoms with Crippen LogP contribution < -0.4 is 4.74 Å². The van der Waals surface area contributed by atoms with Crippen LogP contribution in [0.2, 0.25) is 0 Å². The summed E-state index contributed by atoms with van der Waals surface area (Å²) in [4.78, 5) is 33.7. The second kappa shape index (κ2) is 7.84. The van der Waals surface area contributed by atoms with Gasteiger partial charge in [-0.3, -0.25) is 4.79 Å². The summed E-state index contributed by atoms with van der Waals surface area (Å²) in [7, 11) is 0. The van der Waals surface area contributed by atoms with E-state index < -0.39 is 17.9 Å². The Morgan fingerprint density at radius 1 is 1.38 bits per heavy atom. The zero-order valence-corrected chi connectivity index (χ0v) is 11.6. The number of aldehydes is 1. The second-order valence-electron chi connectivity index (χ2n) is 4.42. The largest absolute Gasteiger partial charge is 0.504 e. The number of aromatic hydroxyl groups is 1. The number of carbonyl (C=O) groups excluding carboxylic acids is 3. The Labute approximate surface area is 122 Å². The molecule has 6 heteroatoms. The predicted molar refractivity (Wildman–Crippen MR) is 73.7 cm³/mol. The smallest absolute Gasteiger partial charge is 0.333 e. The molecule has 1 atom stereocenters. The summed E-state index contributed by atoms with van der Waals surface area (Å²) in [6, 6.07) is 5.96. The fourth-order valence-corrected chi connectivity index (χ4v) is 1.37. The van der Waals surface area contributed by atoms with Crippen molar-refractivity contribution in [1.29, 1.82) is 0 Å². The highest BCUT2D eigenvalue weighted by Crippen LogP contribution is 2.25. The minimum atomic E-state index is -0.813. The molecule has 0 heterocycles. The number of carbonyl (C=O) groups is 3. The lowest BCUT2D eigenvalue weighted by atomic mass is 10.1. The zero-order chi connectivity index (χ0) is 15.8. The summed E-state index contributed by atoms with van der Waals surface area (Å²) in [6.07, 6.45) is 0.249. The minimum Gasteiger partial charge on any atom is -0.504 e. The Hall–Kier alpha value is -2.63. The summed E-state index contributed by atoms with van der Waals surface area (Å²) in [5.41, 5.74) is 0.205. The molecule has 0 saturated carbocycles. The van der Waals surface area contributed by atoms with Gasteiger partial charge < -0.3 is 19.4 Å². The van der Waals surface area contributed by atoms with Crippen molar-refractivity contribution in [3.8, 4) is 11.5 Å². The third-order valence-electron chi connectivity index (χ3n) is 2.49. The van der Waals surface area contributed by atoms with E-state index >= 15 is 0 Å². The van der Waals surface area contributed by atoms with Crippen LogP contribution in [0.3, 0.4) is 0 Å². The van der Waals surface area contributed by atoms with Gasteiger partial charge in [0.25, 0.3) is 0 Å². The second-order valence-corrected chi connectivity index (χ2v) is 4.42. The maximum absolute atomic E-state index is 11.7. The number of hydrogen-bond donors (Lipinski definition) is 1. The van der Waals surface area contributed by atoms with E-state index in [1.165, 1.54) is 19.1 Å². The molecule has 0 aliphatic rings. The van der Waals surface area contributed by atoms with Crippen LogP contribution in [0, 0.1) is 5.92 Å². The van der Waals surface area contributed by atoms with Gasteiger partial charge in [-0.2, -0.15) is 0 Å². The van der Waals surface area contributed by atoms with E-state index in [1.54, 1.807) is 12.1 Å². The van der Waals surface area contributed by atoms with E-state index in [2.05, 4.69) is 6.58 Å². The first-order valence-corrected chi connectivity index (χ1v) is 6.20. The highest BCUT2D eigenvalue weighted by molar-refractivity contribution is 5.87. The molecule has 0 spiro atoms. The molecular formula is C15H16O6. The fourth-order valence-electron chi connectivity index (χ4n) is 1.37. The quantitative estimate of drug-likeness (QED) is 0.355. The van der Waals surface area contributed by atoms with E-state index in [1.807, 2.05) is 0 Å². The molecule has 0 aromatic heterocycles. The Morgan fingerprint density at radius 3 is 2.62 bits per heavy atom. The summed E-state index contributed by atoms with van der Waals surface area (Å²) in [5.74, 6) is -2.32. The molecule has 112 valence electrons. The standard InChI is InChI=1S/C15H16O6/c1-10(2)15(19)20-9-11(8-16)7-14(18)21-13-6-4-3-5-12(13)17/h3-6,8,11,17H,1,7,9H2,2H3. The van der Waals surface area contributed by atoms with Crippen molar-refractivity contribution in [2.24, 2.45) is 5.92 Å². The van der Waals surface area contributed by atoms with Crippen molar-refractivity contribution in [3.63, 3.8) is 0 Å². The van der Waals surface area contributed by atoms with Gasteiger partial charge in [-0.25, -0.2) is 4.79 Å². The number of phenolic OH excluding ortho intramolecular Hbond substituents is 1. The fraction of sp³-hybridized carbons (Fsp3) is 0.267. The predicted octanol–water partition coefficient (Wildman–Crippen LogP) is 1.62. The molecule has 1 aromatic rings. The average molecular weight is 292 g/mol. The van der Waals surface area contributed by atoms with Crippen LogP contribution >= 0.6 is 0 Å². The van der Waals surface area contributed by atoms with Gasteiger partial charge in [0.1, 0.15) is 12.9 Å². The van der Waals surface area contributed by atoms with Crippen molar-refractivity contribution in [3.05, 3.63) is 36.4 Å². The van der Waals surface area contributed by atoms with Gasteiger partial charge in [-0.05, 0) is 19.1 Å². The number of para-hydroxylation sites is 2. The SMILES string of the molecule is C=C(C)C(=O)OCC(C=O)CC(=O)Oc1ccccc1O. The lowest BCUT2D eigenvalue weighted by Gasteiger charge is -2.11. The molecule has 0 radical (unpaired) electrons. The number of ether oxygens (including phenoxy) is 2. The van der Waals surface area contributed by atoms with Crippen LogP contribution in [-0.4, -0.2) is 29.9 Å². The van der Waals surface area contributed by atoms with Gasteiger partial charge in [0.05, 0.1) is 12.3 Å². The molecule has 0 fully saturated rings. The minimum absolute atomic E-state index is 0.00563. The van der Waals surface area contributed by atoms with Crippen LogP contribution in [0.1, 0.15) is 13.3 Å². The molecule has 0 bridgehead atoms. The molecule has 0 saturated heterocycles. The lowest BCUT2D eigenvalue weighted by molar-refractivity contribution is -0.144. The third-order valence-corrected chi connectivity index (χ3v) is 2.49. The van der Waals surface area contributed by atoms with Crippen LogP contribution in [0.15, 0.2) is 36.4 Å². The molecule has 21 heavy (non-hydrogen) atoms. The molecule has 1 aromatic carbocycles. The molecule has 1 N–H and O–H groups in total. The maximum atomic E-state index is 11.7.